The van der Waals surface area contributed by atoms with Crippen LogP contribution in [0.4, 0.5) is 0 Å². The van der Waals surface area contributed by atoms with Gasteiger partial charge in [-0.05, 0) is 30.0 Å². The van der Waals surface area contributed by atoms with Gasteiger partial charge in [-0.1, -0.05) is 78.9 Å². The van der Waals surface area contributed by atoms with Crippen LogP contribution < -0.4 is 5.32 Å². The Balaban J connectivity index is 1.40. The Morgan fingerprint density at radius 2 is 1.52 bits per heavy atom. The molecule has 0 radical (unpaired) electrons. The van der Waals surface area contributed by atoms with E-state index in [2.05, 4.69) is 64.8 Å². The second-order valence-electron chi connectivity index (χ2n) is 8.68. The number of nitrogens with zero attached hydrogens (tertiary/aromatic N) is 2. The maximum absolute atomic E-state index is 10.5. The van der Waals surface area contributed by atoms with Gasteiger partial charge >= 0.3 is 0 Å². The van der Waals surface area contributed by atoms with Gasteiger partial charge in [0.05, 0.1) is 0 Å². The maximum atomic E-state index is 10.5. The summed E-state index contributed by atoms with van der Waals surface area (Å²) in [7, 11) is 0. The summed E-state index contributed by atoms with van der Waals surface area (Å²) >= 11 is 0. The molecule has 3 aromatic rings. The molecule has 4 heteroatoms. The van der Waals surface area contributed by atoms with Crippen molar-refractivity contribution < 1.29 is 5.11 Å². The summed E-state index contributed by atoms with van der Waals surface area (Å²) in [5, 5.41) is 14.4. The smallest absolute Gasteiger partial charge is 0.120 e. The number of hydrogen-bond donors (Lipinski definition) is 2. The van der Waals surface area contributed by atoms with Crippen LogP contribution in [0.1, 0.15) is 42.0 Å². The molecule has 3 aromatic carbocycles. The minimum Gasteiger partial charge on any atom is -0.508 e. The normalized spacial score (nSPS) is 21.0. The summed E-state index contributed by atoms with van der Waals surface area (Å²) in [6.45, 7) is 2.98. The molecule has 2 N–H and O–H groups in total. The molecule has 4 nitrogen and oxygen atoms in total. The fourth-order valence-corrected chi connectivity index (χ4v) is 4.87. The molecule has 2 aliphatic rings. The van der Waals surface area contributed by atoms with Crippen molar-refractivity contribution in [2.24, 2.45) is 4.99 Å². The SMILES string of the molecule is Oc1ccccc1[C@H]1CC(c2ccccc2)=NC2(CCN(Cc3ccccc3)CC2)N1. The minimum absolute atomic E-state index is 0.0505. The number of benzene rings is 3. The van der Waals surface area contributed by atoms with Crippen LogP contribution in [0.5, 0.6) is 5.75 Å². The van der Waals surface area contributed by atoms with Crippen molar-refractivity contribution in [1.29, 1.82) is 0 Å². The Morgan fingerprint density at radius 3 is 2.23 bits per heavy atom. The molecule has 2 heterocycles. The average molecular weight is 412 g/mol. The zero-order valence-corrected chi connectivity index (χ0v) is 17.7. The number of hydrogen-bond acceptors (Lipinski definition) is 4. The molecule has 0 aliphatic carbocycles. The lowest BCUT2D eigenvalue weighted by molar-refractivity contribution is 0.120. The third-order valence-electron chi connectivity index (χ3n) is 6.54. The summed E-state index contributed by atoms with van der Waals surface area (Å²) in [5.41, 5.74) is 4.33. The lowest BCUT2D eigenvalue weighted by atomic mass is 9.87. The van der Waals surface area contributed by atoms with Crippen molar-refractivity contribution in [2.45, 2.75) is 37.5 Å². The molecule has 1 fully saturated rings. The Hall–Kier alpha value is -2.95. The Kier molecular flexibility index (Phi) is 5.58. The topological polar surface area (TPSA) is 47.9 Å². The molecule has 31 heavy (non-hydrogen) atoms. The summed E-state index contributed by atoms with van der Waals surface area (Å²) in [4.78, 5) is 7.80. The first kappa shape index (κ1) is 20.0. The van der Waals surface area contributed by atoms with Crippen molar-refractivity contribution in [3.8, 4) is 5.75 Å². The highest BCUT2D eigenvalue weighted by Gasteiger charge is 2.40. The van der Waals surface area contributed by atoms with Crippen LogP contribution in [0.3, 0.4) is 0 Å². The lowest BCUT2D eigenvalue weighted by Gasteiger charge is -2.45. The molecule has 158 valence electrons. The van der Waals surface area contributed by atoms with E-state index in [4.69, 9.17) is 4.99 Å². The van der Waals surface area contributed by atoms with Crippen LogP contribution in [0, 0.1) is 0 Å². The molecule has 1 atom stereocenters. The van der Waals surface area contributed by atoms with Crippen molar-refractivity contribution in [1.82, 2.24) is 10.2 Å². The van der Waals surface area contributed by atoms with E-state index < -0.39 is 0 Å². The number of phenolic OH excluding ortho intramolecular Hbond substituents is 1. The first-order chi connectivity index (χ1) is 15.2. The summed E-state index contributed by atoms with van der Waals surface area (Å²) in [6, 6.07) is 28.9. The monoisotopic (exact) mass is 411 g/mol. The van der Waals surface area contributed by atoms with Crippen LogP contribution in [-0.4, -0.2) is 34.5 Å². The van der Waals surface area contributed by atoms with Crippen molar-refractivity contribution in [2.75, 3.05) is 13.1 Å². The van der Waals surface area contributed by atoms with Gasteiger partial charge in [0.2, 0.25) is 0 Å². The molecule has 5 rings (SSSR count). The number of likely N-dealkylation sites (tertiary alicyclic amines) is 1. The molecule has 2 aliphatic heterocycles. The van der Waals surface area contributed by atoms with Gasteiger partial charge in [-0.25, -0.2) is 0 Å². The fourth-order valence-electron chi connectivity index (χ4n) is 4.87. The highest BCUT2D eigenvalue weighted by molar-refractivity contribution is 6.01. The van der Waals surface area contributed by atoms with E-state index in [1.54, 1.807) is 6.07 Å². The van der Waals surface area contributed by atoms with Crippen LogP contribution in [0.25, 0.3) is 0 Å². The van der Waals surface area contributed by atoms with Crippen LogP contribution in [-0.2, 0) is 6.54 Å². The Labute approximate surface area is 184 Å². The van der Waals surface area contributed by atoms with Gasteiger partial charge in [0.25, 0.3) is 0 Å². The average Bonchev–Trinajstić information content (AvgIpc) is 2.82. The minimum atomic E-state index is -0.288. The third-order valence-corrected chi connectivity index (χ3v) is 6.54. The molecule has 0 unspecified atom stereocenters. The zero-order chi connectivity index (χ0) is 21.1. The molecule has 1 spiro atoms. The second-order valence-corrected chi connectivity index (χ2v) is 8.68. The maximum Gasteiger partial charge on any atom is 0.120 e. The van der Waals surface area contributed by atoms with E-state index >= 15 is 0 Å². The molecule has 1 saturated heterocycles. The van der Waals surface area contributed by atoms with E-state index in [0.717, 1.165) is 50.2 Å². The first-order valence-corrected chi connectivity index (χ1v) is 11.2. The number of aromatic hydroxyl groups is 1. The van der Waals surface area contributed by atoms with Gasteiger partial charge in [-0.2, -0.15) is 0 Å². The van der Waals surface area contributed by atoms with E-state index in [9.17, 15) is 5.11 Å². The van der Waals surface area contributed by atoms with Gasteiger partial charge < -0.3 is 5.11 Å². The van der Waals surface area contributed by atoms with Gasteiger partial charge in [0.15, 0.2) is 0 Å². The van der Waals surface area contributed by atoms with Crippen molar-refractivity contribution in [3.63, 3.8) is 0 Å². The summed E-state index contributed by atoms with van der Waals surface area (Å²) in [6.07, 6.45) is 2.69. The highest BCUT2D eigenvalue weighted by Crippen LogP contribution is 2.37. The number of nitrogens with one attached hydrogen (secondary N) is 1. The summed E-state index contributed by atoms with van der Waals surface area (Å²) < 4.78 is 0. The van der Waals surface area contributed by atoms with Gasteiger partial charge in [0, 0.05) is 43.4 Å². The van der Waals surface area contributed by atoms with Gasteiger partial charge in [-0.15, -0.1) is 0 Å². The largest absolute Gasteiger partial charge is 0.508 e. The van der Waals surface area contributed by atoms with Crippen molar-refractivity contribution in [3.05, 3.63) is 102 Å². The van der Waals surface area contributed by atoms with E-state index in [0.29, 0.717) is 5.75 Å². The Morgan fingerprint density at radius 1 is 0.871 bits per heavy atom. The van der Waals surface area contributed by atoms with Crippen LogP contribution >= 0.6 is 0 Å². The fraction of sp³-hybridized carbons (Fsp3) is 0.296. The molecule has 0 amide bonds. The predicted molar refractivity (Wildman–Crippen MR) is 125 cm³/mol. The molecule has 0 aromatic heterocycles. The lowest BCUT2D eigenvalue weighted by Crippen LogP contribution is -2.55. The predicted octanol–water partition coefficient (Wildman–Crippen LogP) is 4.91. The second kappa shape index (κ2) is 8.66. The van der Waals surface area contributed by atoms with E-state index in [1.807, 2.05) is 24.3 Å². The summed E-state index contributed by atoms with van der Waals surface area (Å²) in [5.74, 6) is 0.353. The molecular weight excluding hydrogens is 382 g/mol. The van der Waals surface area contributed by atoms with E-state index in [-0.39, 0.29) is 11.7 Å². The first-order valence-electron chi connectivity index (χ1n) is 11.2. The third kappa shape index (κ3) is 4.41. The van der Waals surface area contributed by atoms with Gasteiger partial charge in [-0.3, -0.25) is 15.2 Å². The molecule has 0 bridgehead atoms. The quantitative estimate of drug-likeness (QED) is 0.641. The van der Waals surface area contributed by atoms with Crippen LogP contribution in [0.15, 0.2) is 89.9 Å². The van der Waals surface area contributed by atoms with Crippen LogP contribution in [0.2, 0.25) is 0 Å². The van der Waals surface area contributed by atoms with E-state index in [1.165, 1.54) is 11.1 Å². The number of phenols is 1. The van der Waals surface area contributed by atoms with Gasteiger partial charge in [0.1, 0.15) is 11.4 Å². The zero-order valence-electron chi connectivity index (χ0n) is 17.7. The molecule has 0 saturated carbocycles. The standard InChI is InChI=1S/C27H29N3O/c31-26-14-8-7-13-23(26)25-19-24(22-11-5-2-6-12-22)28-27(29-25)15-17-30(18-16-27)20-21-9-3-1-4-10-21/h1-14,25,29,31H,15-20H2/t25-/m1/s1. The number of rotatable bonds is 4. The van der Waals surface area contributed by atoms with Crippen molar-refractivity contribution >= 4 is 5.71 Å². The molecular formula is C27H29N3O. The number of para-hydroxylation sites is 1. The Bertz CT molecular complexity index is 1040. The highest BCUT2D eigenvalue weighted by atomic mass is 16.3. The number of aliphatic imine (C=N–C) groups is 1. The number of piperidine rings is 1.